The van der Waals surface area contributed by atoms with E-state index in [1.54, 1.807) is 0 Å². The number of hydrogen-bond donors (Lipinski definition) is 0. The summed E-state index contributed by atoms with van der Waals surface area (Å²) in [7, 11) is 0. The van der Waals surface area contributed by atoms with Crippen molar-refractivity contribution in [2.24, 2.45) is 0 Å². The van der Waals surface area contributed by atoms with E-state index in [2.05, 4.69) is 121 Å². The van der Waals surface area contributed by atoms with Gasteiger partial charge in [-0.15, -0.1) is 0 Å². The number of fused-ring (bicyclic) bond motifs is 4. The molecule has 1 unspecified atom stereocenters. The van der Waals surface area contributed by atoms with Crippen molar-refractivity contribution >= 4 is 32.2 Å². The van der Waals surface area contributed by atoms with Crippen LogP contribution in [-0.4, -0.2) is 0 Å². The molecule has 3 aromatic rings. The highest BCUT2D eigenvalue weighted by atomic mass is 127. The Balaban J connectivity index is 1.67. The fourth-order valence-corrected chi connectivity index (χ4v) is 5.22. The van der Waals surface area contributed by atoms with Crippen LogP contribution in [0.2, 0.25) is 0 Å². The van der Waals surface area contributed by atoms with Gasteiger partial charge in [-0.05, 0) is 60.8 Å². The molecule has 0 aliphatic heterocycles. The molecule has 0 saturated carbocycles. The molecule has 0 spiro atoms. The van der Waals surface area contributed by atoms with Gasteiger partial charge in [0, 0.05) is 14.9 Å². The molecule has 0 amide bonds. The molecule has 0 fully saturated rings. The number of hydrogen-bond acceptors (Lipinski definition) is 0. The number of rotatable bonds is 1. The van der Waals surface area contributed by atoms with Crippen molar-refractivity contribution < 1.29 is 0 Å². The lowest BCUT2D eigenvalue weighted by molar-refractivity contribution is 0.659. The molecule has 2 aliphatic carbocycles. The molecule has 0 bridgehead atoms. The second-order valence-electron chi connectivity index (χ2n) is 7.96. The molecule has 3 aromatic carbocycles. The molecule has 0 saturated heterocycles. The minimum Gasteiger partial charge on any atom is -0.0721 e. The minimum atomic E-state index is 0.0504. The fraction of sp³-hybridized carbons (Fsp3) is 0.154. The van der Waals surface area contributed by atoms with Crippen LogP contribution in [0.5, 0.6) is 0 Å². The normalized spacial score (nSPS) is 18.9. The van der Waals surface area contributed by atoms with Crippen LogP contribution in [-0.2, 0) is 5.41 Å². The van der Waals surface area contributed by atoms with Gasteiger partial charge in [-0.2, -0.15) is 0 Å². The second-order valence-corrected chi connectivity index (χ2v) is 9.12. The third-order valence-electron chi connectivity index (χ3n) is 6.02. The summed E-state index contributed by atoms with van der Waals surface area (Å²) in [6.45, 7) is 4.69. The molecular formula is C26H21I. The number of benzene rings is 3. The van der Waals surface area contributed by atoms with Gasteiger partial charge >= 0.3 is 0 Å². The molecule has 5 rings (SSSR count). The molecule has 1 atom stereocenters. The van der Waals surface area contributed by atoms with Crippen molar-refractivity contribution in [3.8, 4) is 11.1 Å². The van der Waals surface area contributed by atoms with Crippen LogP contribution in [0.4, 0.5) is 0 Å². The van der Waals surface area contributed by atoms with Crippen LogP contribution in [0.1, 0.15) is 36.5 Å². The van der Waals surface area contributed by atoms with Crippen LogP contribution < -0.4 is 10.4 Å². The molecule has 0 aromatic heterocycles. The Kier molecular flexibility index (Phi) is 3.90. The van der Waals surface area contributed by atoms with Crippen molar-refractivity contribution in [1.82, 2.24) is 0 Å². The predicted molar refractivity (Wildman–Crippen MR) is 123 cm³/mol. The predicted octanol–water partition coefficient (Wildman–Crippen LogP) is 5.67. The van der Waals surface area contributed by atoms with Gasteiger partial charge < -0.3 is 0 Å². The number of halogens is 1. The Hall–Kier alpha value is -2.13. The van der Waals surface area contributed by atoms with Gasteiger partial charge in [0.15, 0.2) is 0 Å². The van der Waals surface area contributed by atoms with Crippen molar-refractivity contribution in [3.63, 3.8) is 0 Å². The molecule has 27 heavy (non-hydrogen) atoms. The Bertz CT molecular complexity index is 1210. The lowest BCUT2D eigenvalue weighted by Crippen LogP contribution is -2.24. The van der Waals surface area contributed by atoms with Crippen molar-refractivity contribution in [2.45, 2.75) is 25.2 Å². The summed E-state index contributed by atoms with van der Waals surface area (Å²) in [5, 5.41) is 2.64. The maximum Gasteiger partial charge on any atom is 0.0211 e. The van der Waals surface area contributed by atoms with Crippen LogP contribution >= 0.6 is 22.6 Å². The molecular weight excluding hydrogens is 439 g/mol. The molecule has 0 N–H and O–H groups in total. The molecule has 132 valence electrons. The summed E-state index contributed by atoms with van der Waals surface area (Å²) < 4.78 is 1.30. The van der Waals surface area contributed by atoms with Crippen molar-refractivity contribution in [1.29, 1.82) is 0 Å². The van der Waals surface area contributed by atoms with E-state index in [4.69, 9.17) is 0 Å². The van der Waals surface area contributed by atoms with Gasteiger partial charge in [0.05, 0.1) is 0 Å². The first kappa shape index (κ1) is 17.0. The average molecular weight is 460 g/mol. The first-order valence-electron chi connectivity index (χ1n) is 9.45. The van der Waals surface area contributed by atoms with Gasteiger partial charge in [-0.25, -0.2) is 0 Å². The zero-order chi connectivity index (χ0) is 18.6. The second kappa shape index (κ2) is 6.20. The van der Waals surface area contributed by atoms with Crippen LogP contribution in [0.3, 0.4) is 0 Å². The largest absolute Gasteiger partial charge is 0.0721 e. The zero-order valence-corrected chi connectivity index (χ0v) is 17.7. The zero-order valence-electron chi connectivity index (χ0n) is 15.5. The summed E-state index contributed by atoms with van der Waals surface area (Å²) in [5.41, 5.74) is 7.07. The van der Waals surface area contributed by atoms with E-state index in [1.165, 1.54) is 41.8 Å². The lowest BCUT2D eigenvalue weighted by atomic mass is 9.81. The molecule has 0 radical (unpaired) electrons. The minimum absolute atomic E-state index is 0.0504. The van der Waals surface area contributed by atoms with Crippen LogP contribution in [0.15, 0.2) is 78.9 Å². The Morgan fingerprint density at radius 3 is 2.44 bits per heavy atom. The van der Waals surface area contributed by atoms with E-state index in [-0.39, 0.29) is 5.41 Å². The first-order chi connectivity index (χ1) is 13.1. The quantitative estimate of drug-likeness (QED) is 0.411. The summed E-state index contributed by atoms with van der Waals surface area (Å²) in [6.07, 6.45) is 6.99. The SMILES string of the molecule is CC1(C)c2ccccc2-c2ccc(C3C=CC(I)=c4ccccc4=C3)cc21. The maximum atomic E-state index is 2.45. The summed E-state index contributed by atoms with van der Waals surface area (Å²) in [4.78, 5) is 0. The lowest BCUT2D eigenvalue weighted by Gasteiger charge is -2.22. The van der Waals surface area contributed by atoms with Gasteiger partial charge in [-0.3, -0.25) is 0 Å². The van der Waals surface area contributed by atoms with Crippen LogP contribution in [0.25, 0.3) is 20.8 Å². The summed E-state index contributed by atoms with van der Waals surface area (Å²) in [5.74, 6) is 0.295. The summed E-state index contributed by atoms with van der Waals surface area (Å²) >= 11 is 2.45. The Morgan fingerprint density at radius 2 is 1.56 bits per heavy atom. The fourth-order valence-electron chi connectivity index (χ4n) is 4.52. The standard InChI is InChI=1S/C26H21I/c1-26(2)23-10-6-5-9-21(23)22-13-11-18(16-24(22)26)17-12-14-25(27)20-8-4-3-7-19(20)15-17/h3-17H,1-2H3. The topological polar surface area (TPSA) is 0 Å². The molecule has 1 heteroatoms. The third-order valence-corrected chi connectivity index (χ3v) is 6.96. The molecule has 0 nitrogen and oxygen atoms in total. The smallest absolute Gasteiger partial charge is 0.0211 e. The Morgan fingerprint density at radius 1 is 0.815 bits per heavy atom. The van der Waals surface area contributed by atoms with E-state index in [0.29, 0.717) is 5.92 Å². The van der Waals surface area contributed by atoms with Crippen molar-refractivity contribution in [2.75, 3.05) is 0 Å². The van der Waals surface area contributed by atoms with Gasteiger partial charge in [0.25, 0.3) is 0 Å². The number of allylic oxidation sites excluding steroid dienone is 2. The highest BCUT2D eigenvalue weighted by Gasteiger charge is 2.35. The highest BCUT2D eigenvalue weighted by Crippen LogP contribution is 2.49. The summed E-state index contributed by atoms with van der Waals surface area (Å²) in [6, 6.07) is 24.6. The monoisotopic (exact) mass is 460 g/mol. The van der Waals surface area contributed by atoms with Gasteiger partial charge in [-0.1, -0.05) is 98.8 Å². The Labute approximate surface area is 174 Å². The van der Waals surface area contributed by atoms with E-state index in [1.807, 2.05) is 0 Å². The molecule has 2 aliphatic rings. The van der Waals surface area contributed by atoms with E-state index >= 15 is 0 Å². The van der Waals surface area contributed by atoms with E-state index in [9.17, 15) is 0 Å². The van der Waals surface area contributed by atoms with Crippen molar-refractivity contribution in [3.05, 3.63) is 106 Å². The van der Waals surface area contributed by atoms with Gasteiger partial charge in [0.1, 0.15) is 0 Å². The first-order valence-corrected chi connectivity index (χ1v) is 10.5. The average Bonchev–Trinajstić information content (AvgIpc) is 2.81. The van der Waals surface area contributed by atoms with E-state index in [0.717, 1.165) is 0 Å². The maximum absolute atomic E-state index is 2.45. The highest BCUT2D eigenvalue weighted by molar-refractivity contribution is 14.1. The van der Waals surface area contributed by atoms with Gasteiger partial charge in [0.2, 0.25) is 0 Å². The van der Waals surface area contributed by atoms with E-state index < -0.39 is 0 Å². The molecule has 0 heterocycles. The third kappa shape index (κ3) is 2.63. The van der Waals surface area contributed by atoms with Crippen LogP contribution in [0, 0.1) is 0 Å².